The van der Waals surface area contributed by atoms with Gasteiger partial charge in [-0.05, 0) is 17.4 Å². The van der Waals surface area contributed by atoms with Gasteiger partial charge in [-0.3, -0.25) is 4.90 Å². The number of hydrogen-bond acceptors (Lipinski definition) is 3. The highest BCUT2D eigenvalue weighted by atomic mass is 15.2. The molecule has 2 aliphatic heterocycles. The maximum Gasteiger partial charge on any atom is 0.0233 e. The second-order valence-corrected chi connectivity index (χ2v) is 5.75. The molecule has 0 aliphatic carbocycles. The van der Waals surface area contributed by atoms with Gasteiger partial charge in [-0.2, -0.15) is 0 Å². The van der Waals surface area contributed by atoms with E-state index < -0.39 is 0 Å². The van der Waals surface area contributed by atoms with Gasteiger partial charge in [0.15, 0.2) is 0 Å². The fourth-order valence-electron chi connectivity index (χ4n) is 3.52. The smallest absolute Gasteiger partial charge is 0.0233 e. The number of benzene rings is 1. The Morgan fingerprint density at radius 3 is 2.17 bits per heavy atom. The van der Waals surface area contributed by atoms with Gasteiger partial charge in [0.25, 0.3) is 0 Å². The molecule has 0 bridgehead atoms. The first kappa shape index (κ1) is 12.2. The molecule has 0 spiro atoms. The normalized spacial score (nSPS) is 28.7. The lowest BCUT2D eigenvalue weighted by molar-refractivity contribution is 0.254. The van der Waals surface area contributed by atoms with Gasteiger partial charge in [0.2, 0.25) is 0 Å². The molecular formula is C15H23N3. The maximum atomic E-state index is 5.64. The predicted molar refractivity (Wildman–Crippen MR) is 74.2 cm³/mol. The number of nitrogens with two attached hydrogens (primary N) is 1. The van der Waals surface area contributed by atoms with Crippen molar-refractivity contribution in [1.82, 2.24) is 9.80 Å². The molecule has 2 fully saturated rings. The van der Waals surface area contributed by atoms with Gasteiger partial charge in [-0.15, -0.1) is 0 Å². The summed E-state index contributed by atoms with van der Waals surface area (Å²) in [4.78, 5) is 5.15. The van der Waals surface area contributed by atoms with Crippen LogP contribution in [-0.2, 0) is 6.54 Å². The van der Waals surface area contributed by atoms with Crippen molar-refractivity contribution in [2.24, 2.45) is 17.6 Å². The van der Waals surface area contributed by atoms with Crippen molar-refractivity contribution in [2.45, 2.75) is 6.54 Å². The average molecular weight is 245 g/mol. The zero-order chi connectivity index (χ0) is 12.4. The Kier molecular flexibility index (Phi) is 3.64. The first-order chi connectivity index (χ1) is 8.85. The number of likely N-dealkylation sites (tertiary alicyclic amines) is 2. The SMILES string of the molecule is NCCN1CC2CN(Cc3ccccc3)CC2C1. The standard InChI is InChI=1S/C15H23N3/c16-6-7-17-9-14-11-18(12-15(14)10-17)8-13-4-2-1-3-5-13/h1-5,14-15H,6-12,16H2. The minimum Gasteiger partial charge on any atom is -0.329 e. The van der Waals surface area contributed by atoms with Gasteiger partial charge in [0.05, 0.1) is 0 Å². The topological polar surface area (TPSA) is 32.5 Å². The first-order valence-electron chi connectivity index (χ1n) is 7.04. The minimum absolute atomic E-state index is 0.799. The number of fused-ring (bicyclic) bond motifs is 1. The van der Waals surface area contributed by atoms with E-state index in [1.807, 2.05) is 0 Å². The molecular weight excluding hydrogens is 222 g/mol. The molecule has 0 radical (unpaired) electrons. The zero-order valence-corrected chi connectivity index (χ0v) is 11.0. The molecule has 3 nitrogen and oxygen atoms in total. The summed E-state index contributed by atoms with van der Waals surface area (Å²) >= 11 is 0. The third-order valence-electron chi connectivity index (χ3n) is 4.33. The highest BCUT2D eigenvalue weighted by Crippen LogP contribution is 2.31. The summed E-state index contributed by atoms with van der Waals surface area (Å²) in [5.41, 5.74) is 7.08. The molecule has 2 N–H and O–H groups in total. The molecule has 0 saturated carbocycles. The third-order valence-corrected chi connectivity index (χ3v) is 4.33. The Morgan fingerprint density at radius 2 is 1.56 bits per heavy atom. The molecule has 18 heavy (non-hydrogen) atoms. The van der Waals surface area contributed by atoms with Crippen molar-refractivity contribution in [3.63, 3.8) is 0 Å². The molecule has 1 aromatic rings. The van der Waals surface area contributed by atoms with Crippen LogP contribution in [0.1, 0.15) is 5.56 Å². The van der Waals surface area contributed by atoms with Crippen LogP contribution in [0.3, 0.4) is 0 Å². The van der Waals surface area contributed by atoms with Crippen LogP contribution in [-0.4, -0.2) is 49.1 Å². The van der Waals surface area contributed by atoms with Crippen molar-refractivity contribution in [3.8, 4) is 0 Å². The molecule has 2 unspecified atom stereocenters. The van der Waals surface area contributed by atoms with Crippen LogP contribution in [0, 0.1) is 11.8 Å². The van der Waals surface area contributed by atoms with E-state index in [-0.39, 0.29) is 0 Å². The molecule has 2 heterocycles. The molecule has 98 valence electrons. The maximum absolute atomic E-state index is 5.64. The second-order valence-electron chi connectivity index (χ2n) is 5.75. The van der Waals surface area contributed by atoms with E-state index in [0.29, 0.717) is 0 Å². The molecule has 1 aromatic carbocycles. The van der Waals surface area contributed by atoms with E-state index >= 15 is 0 Å². The lowest BCUT2D eigenvalue weighted by Gasteiger charge is -2.20. The highest BCUT2D eigenvalue weighted by molar-refractivity contribution is 5.14. The number of hydrogen-bond donors (Lipinski definition) is 1. The lowest BCUT2D eigenvalue weighted by atomic mass is 10.0. The fraction of sp³-hybridized carbons (Fsp3) is 0.600. The Morgan fingerprint density at radius 1 is 0.944 bits per heavy atom. The predicted octanol–water partition coefficient (Wildman–Crippen LogP) is 1.01. The summed E-state index contributed by atoms with van der Waals surface area (Å²) < 4.78 is 0. The molecule has 2 saturated heterocycles. The minimum atomic E-state index is 0.799. The van der Waals surface area contributed by atoms with E-state index in [2.05, 4.69) is 40.1 Å². The van der Waals surface area contributed by atoms with Gasteiger partial charge in [-0.25, -0.2) is 0 Å². The Balaban J connectivity index is 1.53. The largest absolute Gasteiger partial charge is 0.329 e. The van der Waals surface area contributed by atoms with Crippen LogP contribution in [0.5, 0.6) is 0 Å². The van der Waals surface area contributed by atoms with Crippen molar-refractivity contribution in [2.75, 3.05) is 39.3 Å². The monoisotopic (exact) mass is 245 g/mol. The van der Waals surface area contributed by atoms with Crippen LogP contribution >= 0.6 is 0 Å². The van der Waals surface area contributed by atoms with Crippen LogP contribution in [0.2, 0.25) is 0 Å². The van der Waals surface area contributed by atoms with E-state index in [9.17, 15) is 0 Å². The Bertz CT molecular complexity index is 365. The van der Waals surface area contributed by atoms with Gasteiger partial charge in [0, 0.05) is 45.8 Å². The second kappa shape index (κ2) is 5.39. The third kappa shape index (κ3) is 2.58. The molecule has 2 atom stereocenters. The highest BCUT2D eigenvalue weighted by Gasteiger charge is 2.39. The fourth-order valence-corrected chi connectivity index (χ4v) is 3.52. The molecule has 2 aliphatic rings. The summed E-state index contributed by atoms with van der Waals surface area (Å²) in [5.74, 6) is 1.75. The summed E-state index contributed by atoms with van der Waals surface area (Å²) in [6, 6.07) is 10.8. The number of rotatable bonds is 4. The van der Waals surface area contributed by atoms with Crippen molar-refractivity contribution in [1.29, 1.82) is 0 Å². The average Bonchev–Trinajstić information content (AvgIpc) is 2.88. The van der Waals surface area contributed by atoms with E-state index in [4.69, 9.17) is 5.73 Å². The van der Waals surface area contributed by atoms with Crippen LogP contribution in [0.25, 0.3) is 0 Å². The molecule has 0 amide bonds. The van der Waals surface area contributed by atoms with Crippen LogP contribution < -0.4 is 5.73 Å². The number of nitrogens with zero attached hydrogens (tertiary/aromatic N) is 2. The van der Waals surface area contributed by atoms with Gasteiger partial charge in [-0.1, -0.05) is 30.3 Å². The van der Waals surface area contributed by atoms with Gasteiger partial charge >= 0.3 is 0 Å². The first-order valence-corrected chi connectivity index (χ1v) is 7.04. The molecule has 0 aromatic heterocycles. The van der Waals surface area contributed by atoms with Gasteiger partial charge in [0.1, 0.15) is 0 Å². The Labute approximate surface area is 110 Å². The lowest BCUT2D eigenvalue weighted by Crippen LogP contribution is -2.31. The molecule has 3 rings (SSSR count). The summed E-state index contributed by atoms with van der Waals surface area (Å²) in [6.07, 6.45) is 0. The molecule has 3 heteroatoms. The van der Waals surface area contributed by atoms with E-state index in [1.165, 1.54) is 31.7 Å². The van der Waals surface area contributed by atoms with E-state index in [1.54, 1.807) is 0 Å². The summed E-state index contributed by atoms with van der Waals surface area (Å²) in [5, 5.41) is 0. The summed E-state index contributed by atoms with van der Waals surface area (Å²) in [6.45, 7) is 8.03. The van der Waals surface area contributed by atoms with Crippen molar-refractivity contribution >= 4 is 0 Å². The van der Waals surface area contributed by atoms with Crippen LogP contribution in [0.4, 0.5) is 0 Å². The quantitative estimate of drug-likeness (QED) is 0.859. The van der Waals surface area contributed by atoms with Crippen molar-refractivity contribution in [3.05, 3.63) is 35.9 Å². The van der Waals surface area contributed by atoms with Gasteiger partial charge < -0.3 is 10.6 Å². The zero-order valence-electron chi connectivity index (χ0n) is 11.0. The van der Waals surface area contributed by atoms with E-state index in [0.717, 1.165) is 31.5 Å². The summed E-state index contributed by atoms with van der Waals surface area (Å²) in [7, 11) is 0. The Hall–Kier alpha value is -0.900. The van der Waals surface area contributed by atoms with Crippen molar-refractivity contribution < 1.29 is 0 Å². The van der Waals surface area contributed by atoms with Crippen LogP contribution in [0.15, 0.2) is 30.3 Å².